The third-order valence-corrected chi connectivity index (χ3v) is 3.99. The summed E-state index contributed by atoms with van der Waals surface area (Å²) < 4.78 is 0. The fourth-order valence-electron chi connectivity index (χ4n) is 1.99. The van der Waals surface area contributed by atoms with Crippen LogP contribution in [0.3, 0.4) is 0 Å². The lowest BCUT2D eigenvalue weighted by Gasteiger charge is -2.02. The van der Waals surface area contributed by atoms with E-state index >= 15 is 0 Å². The van der Waals surface area contributed by atoms with E-state index in [1.165, 1.54) is 16.0 Å². The van der Waals surface area contributed by atoms with Gasteiger partial charge < -0.3 is 5.32 Å². The molecule has 1 N–H and O–H groups in total. The highest BCUT2D eigenvalue weighted by molar-refractivity contribution is 7.15. The summed E-state index contributed by atoms with van der Waals surface area (Å²) in [5.41, 5.74) is 2.67. The number of pyridine rings is 1. The van der Waals surface area contributed by atoms with Gasteiger partial charge in [-0.1, -0.05) is 30.3 Å². The molecule has 0 saturated heterocycles. The summed E-state index contributed by atoms with van der Waals surface area (Å²) in [5, 5.41) is 4.10. The highest BCUT2D eigenvalue weighted by Crippen LogP contribution is 2.24. The van der Waals surface area contributed by atoms with Crippen LogP contribution in [-0.2, 0) is 6.42 Å². The van der Waals surface area contributed by atoms with Crippen molar-refractivity contribution in [2.24, 2.45) is 0 Å². The fraction of sp³-hybridized carbons (Fsp3) is 0.125. The van der Waals surface area contributed by atoms with Crippen LogP contribution in [0.2, 0.25) is 0 Å². The lowest BCUT2D eigenvalue weighted by molar-refractivity contribution is 1.18. The normalized spacial score (nSPS) is 10.4. The number of benzene rings is 1. The minimum Gasteiger partial charge on any atom is -0.316 e. The van der Waals surface area contributed by atoms with Gasteiger partial charge in [-0.2, -0.15) is 0 Å². The van der Waals surface area contributed by atoms with Crippen molar-refractivity contribution >= 4 is 22.3 Å². The second-order valence-corrected chi connectivity index (χ2v) is 5.69. The number of thiazole rings is 1. The van der Waals surface area contributed by atoms with Crippen LogP contribution in [0.4, 0.5) is 10.9 Å². The van der Waals surface area contributed by atoms with Gasteiger partial charge >= 0.3 is 0 Å². The molecule has 0 saturated carbocycles. The van der Waals surface area contributed by atoms with Gasteiger partial charge in [0.05, 0.1) is 0 Å². The minimum absolute atomic E-state index is 0.823. The smallest absolute Gasteiger partial charge is 0.188 e. The van der Waals surface area contributed by atoms with E-state index in [-0.39, 0.29) is 0 Å². The third kappa shape index (κ3) is 3.03. The minimum atomic E-state index is 0.823. The average Bonchev–Trinajstić information content (AvgIpc) is 2.90. The zero-order valence-electron chi connectivity index (χ0n) is 11.2. The van der Waals surface area contributed by atoms with E-state index in [2.05, 4.69) is 46.5 Å². The van der Waals surface area contributed by atoms with Gasteiger partial charge in [-0.05, 0) is 30.2 Å². The van der Waals surface area contributed by atoms with Crippen molar-refractivity contribution in [1.82, 2.24) is 9.97 Å². The molecule has 0 amide bonds. The molecule has 0 aliphatic carbocycles. The number of aromatic nitrogens is 2. The lowest BCUT2D eigenvalue weighted by Crippen LogP contribution is -1.90. The number of anilines is 2. The van der Waals surface area contributed by atoms with Crippen molar-refractivity contribution in [2.75, 3.05) is 5.32 Å². The molecule has 3 rings (SSSR count). The number of nitrogens with one attached hydrogen (secondary N) is 1. The van der Waals surface area contributed by atoms with Gasteiger partial charge in [0.25, 0.3) is 0 Å². The van der Waals surface area contributed by atoms with E-state index in [1.807, 2.05) is 24.4 Å². The Kier molecular flexibility index (Phi) is 3.74. The van der Waals surface area contributed by atoms with Gasteiger partial charge in [-0.25, -0.2) is 9.97 Å². The van der Waals surface area contributed by atoms with E-state index in [0.29, 0.717) is 0 Å². The molecule has 3 nitrogen and oxygen atoms in total. The third-order valence-electron chi connectivity index (χ3n) is 3.08. The summed E-state index contributed by atoms with van der Waals surface area (Å²) in [6.07, 6.45) is 4.63. The Morgan fingerprint density at radius 2 is 1.90 bits per heavy atom. The molecule has 2 aromatic heterocycles. The second kappa shape index (κ2) is 5.84. The molecule has 0 spiro atoms. The van der Waals surface area contributed by atoms with Crippen LogP contribution in [0.5, 0.6) is 0 Å². The number of hydrogen-bond donors (Lipinski definition) is 1. The Bertz CT molecular complexity index is 692. The van der Waals surface area contributed by atoms with Crippen LogP contribution in [0.15, 0.2) is 54.9 Å². The zero-order valence-corrected chi connectivity index (χ0v) is 12.0. The monoisotopic (exact) mass is 281 g/mol. The van der Waals surface area contributed by atoms with E-state index in [1.54, 1.807) is 17.5 Å². The molecular weight excluding hydrogens is 266 g/mol. The van der Waals surface area contributed by atoms with Gasteiger partial charge in [0.15, 0.2) is 5.13 Å². The quantitative estimate of drug-likeness (QED) is 0.779. The maximum atomic E-state index is 4.40. The second-order valence-electron chi connectivity index (χ2n) is 4.57. The molecule has 4 heteroatoms. The van der Waals surface area contributed by atoms with Crippen LogP contribution >= 0.6 is 11.3 Å². The van der Waals surface area contributed by atoms with E-state index in [9.17, 15) is 0 Å². The molecule has 0 fully saturated rings. The van der Waals surface area contributed by atoms with Crippen LogP contribution in [0, 0.1) is 6.92 Å². The van der Waals surface area contributed by atoms with Gasteiger partial charge in [0, 0.05) is 23.7 Å². The fourth-order valence-corrected chi connectivity index (χ4v) is 2.83. The number of nitrogens with zero attached hydrogens (tertiary/aromatic N) is 2. The number of aryl methyl sites for hydroxylation is 1. The van der Waals surface area contributed by atoms with Gasteiger partial charge in [0.2, 0.25) is 0 Å². The van der Waals surface area contributed by atoms with E-state index in [0.717, 1.165) is 17.4 Å². The maximum absolute atomic E-state index is 4.40. The van der Waals surface area contributed by atoms with Crippen molar-refractivity contribution < 1.29 is 0 Å². The van der Waals surface area contributed by atoms with Crippen molar-refractivity contribution in [1.29, 1.82) is 0 Å². The number of rotatable bonds is 4. The molecule has 100 valence electrons. The van der Waals surface area contributed by atoms with Crippen molar-refractivity contribution in [3.8, 4) is 0 Å². The Balaban J connectivity index is 1.73. The first-order valence-corrected chi connectivity index (χ1v) is 7.30. The van der Waals surface area contributed by atoms with E-state index < -0.39 is 0 Å². The summed E-state index contributed by atoms with van der Waals surface area (Å²) in [6.45, 7) is 2.14. The molecular formula is C16H15N3S. The summed E-state index contributed by atoms with van der Waals surface area (Å²) in [5.74, 6) is 0.823. The Morgan fingerprint density at radius 1 is 1.05 bits per heavy atom. The zero-order chi connectivity index (χ0) is 13.8. The van der Waals surface area contributed by atoms with Crippen LogP contribution in [-0.4, -0.2) is 9.97 Å². The van der Waals surface area contributed by atoms with Crippen LogP contribution in [0.25, 0.3) is 0 Å². The summed E-state index contributed by atoms with van der Waals surface area (Å²) in [7, 11) is 0. The highest BCUT2D eigenvalue weighted by Gasteiger charge is 2.05. The van der Waals surface area contributed by atoms with Crippen molar-refractivity contribution in [3.63, 3.8) is 0 Å². The van der Waals surface area contributed by atoms with Crippen LogP contribution in [0.1, 0.15) is 16.0 Å². The van der Waals surface area contributed by atoms with Crippen LogP contribution < -0.4 is 5.32 Å². The molecule has 0 unspecified atom stereocenters. The molecule has 20 heavy (non-hydrogen) atoms. The first-order chi connectivity index (χ1) is 9.81. The molecule has 0 radical (unpaired) electrons. The molecule has 1 aromatic carbocycles. The SMILES string of the molecule is Cc1ccccc1Cc1cnc(Nc2ccccn2)s1. The summed E-state index contributed by atoms with van der Waals surface area (Å²) in [6, 6.07) is 14.2. The molecule has 3 aromatic rings. The Hall–Kier alpha value is -2.20. The van der Waals surface area contributed by atoms with Gasteiger partial charge in [-0.3, -0.25) is 0 Å². The highest BCUT2D eigenvalue weighted by atomic mass is 32.1. The predicted molar refractivity (Wildman–Crippen MR) is 83.6 cm³/mol. The average molecular weight is 281 g/mol. The predicted octanol–water partition coefficient (Wildman–Crippen LogP) is 4.18. The summed E-state index contributed by atoms with van der Waals surface area (Å²) in [4.78, 5) is 9.89. The Labute approximate surface area is 122 Å². The van der Waals surface area contributed by atoms with E-state index in [4.69, 9.17) is 0 Å². The first kappa shape index (κ1) is 12.8. The number of hydrogen-bond acceptors (Lipinski definition) is 4. The van der Waals surface area contributed by atoms with Crippen molar-refractivity contribution in [3.05, 3.63) is 70.9 Å². The molecule has 0 aliphatic heterocycles. The first-order valence-electron chi connectivity index (χ1n) is 6.48. The van der Waals surface area contributed by atoms with Gasteiger partial charge in [0.1, 0.15) is 5.82 Å². The molecule has 2 heterocycles. The molecule has 0 atom stereocenters. The standard InChI is InChI=1S/C16H15N3S/c1-12-6-2-3-7-13(12)10-14-11-18-16(20-14)19-15-8-4-5-9-17-15/h2-9,11H,10H2,1H3,(H,17,18,19). The molecule has 0 bridgehead atoms. The Morgan fingerprint density at radius 3 is 2.70 bits per heavy atom. The maximum Gasteiger partial charge on any atom is 0.188 e. The lowest BCUT2D eigenvalue weighted by atomic mass is 10.1. The molecule has 0 aliphatic rings. The van der Waals surface area contributed by atoms with Gasteiger partial charge in [-0.15, -0.1) is 11.3 Å². The topological polar surface area (TPSA) is 37.8 Å². The van der Waals surface area contributed by atoms with Crippen molar-refractivity contribution in [2.45, 2.75) is 13.3 Å². The largest absolute Gasteiger partial charge is 0.316 e. The summed E-state index contributed by atoms with van der Waals surface area (Å²) >= 11 is 1.67.